The summed E-state index contributed by atoms with van der Waals surface area (Å²) in [6.07, 6.45) is 6.96. The van der Waals surface area contributed by atoms with Crippen LogP contribution in [0.3, 0.4) is 0 Å². The zero-order valence-electron chi connectivity index (χ0n) is 17.0. The maximum atomic E-state index is 11.9. The molecule has 0 aromatic heterocycles. The fourth-order valence-corrected chi connectivity index (χ4v) is 3.23. The van der Waals surface area contributed by atoms with Crippen LogP contribution in [0.1, 0.15) is 78.1 Å². The summed E-state index contributed by atoms with van der Waals surface area (Å²) in [5.74, 6) is -0.314. The molecule has 4 N–H and O–H groups in total. The Labute approximate surface area is 163 Å². The Balaban J connectivity index is 2.14. The van der Waals surface area contributed by atoms with Crippen LogP contribution in [0.25, 0.3) is 0 Å². The van der Waals surface area contributed by atoms with Crippen LogP contribution in [-0.2, 0) is 19.0 Å². The van der Waals surface area contributed by atoms with E-state index >= 15 is 0 Å². The summed E-state index contributed by atoms with van der Waals surface area (Å²) in [5.41, 5.74) is 5.79. The van der Waals surface area contributed by atoms with Crippen molar-refractivity contribution in [1.82, 2.24) is 0 Å². The summed E-state index contributed by atoms with van der Waals surface area (Å²) in [5, 5.41) is 20.1. The summed E-state index contributed by atoms with van der Waals surface area (Å²) >= 11 is 0. The van der Waals surface area contributed by atoms with Gasteiger partial charge in [0.05, 0.1) is 6.04 Å². The van der Waals surface area contributed by atoms with E-state index in [1.165, 1.54) is 38.5 Å². The molecule has 0 amide bonds. The van der Waals surface area contributed by atoms with Crippen molar-refractivity contribution in [2.75, 3.05) is 13.2 Å². The molecule has 0 bridgehead atoms. The first-order valence-corrected chi connectivity index (χ1v) is 10.6. The second-order valence-corrected chi connectivity index (χ2v) is 7.32. The maximum absolute atomic E-state index is 11.9. The lowest BCUT2D eigenvalue weighted by Gasteiger charge is -2.40. The molecule has 1 rings (SSSR count). The number of ether oxygens (including phenoxy) is 3. The molecule has 1 fully saturated rings. The van der Waals surface area contributed by atoms with Gasteiger partial charge in [0.1, 0.15) is 24.9 Å². The predicted octanol–water partition coefficient (Wildman–Crippen LogP) is 2.26. The van der Waals surface area contributed by atoms with Gasteiger partial charge in [0.15, 0.2) is 6.29 Å². The maximum Gasteiger partial charge on any atom is 0.305 e. The van der Waals surface area contributed by atoms with Crippen LogP contribution in [0.5, 0.6) is 0 Å². The summed E-state index contributed by atoms with van der Waals surface area (Å²) in [4.78, 5) is 11.9. The largest absolute Gasteiger partial charge is 0.463 e. The average molecular weight is 390 g/mol. The molecule has 0 unspecified atom stereocenters. The predicted molar refractivity (Wildman–Crippen MR) is 103 cm³/mol. The molecule has 1 heterocycles. The van der Waals surface area contributed by atoms with E-state index in [0.29, 0.717) is 13.0 Å². The van der Waals surface area contributed by atoms with E-state index in [9.17, 15) is 15.0 Å². The topological polar surface area (TPSA) is 111 Å². The minimum Gasteiger partial charge on any atom is -0.463 e. The van der Waals surface area contributed by atoms with Gasteiger partial charge in [-0.05, 0) is 13.3 Å². The highest BCUT2D eigenvalue weighted by Crippen LogP contribution is 2.21. The van der Waals surface area contributed by atoms with Crippen molar-refractivity contribution >= 4 is 5.97 Å². The van der Waals surface area contributed by atoms with Crippen molar-refractivity contribution < 1.29 is 29.2 Å². The molecule has 0 saturated carbocycles. The molecule has 0 radical (unpaired) electrons. The number of hydrogen-bond donors (Lipinski definition) is 3. The lowest BCUT2D eigenvalue weighted by atomic mass is 9.98. The fraction of sp³-hybridized carbons (Fsp3) is 0.950. The minimum atomic E-state index is -1.21. The van der Waals surface area contributed by atoms with Crippen molar-refractivity contribution in [3.8, 4) is 0 Å². The third kappa shape index (κ3) is 9.34. The highest BCUT2D eigenvalue weighted by molar-refractivity contribution is 5.69. The Hall–Kier alpha value is -0.730. The fourth-order valence-electron chi connectivity index (χ4n) is 3.23. The van der Waals surface area contributed by atoms with Crippen molar-refractivity contribution in [2.45, 2.75) is 109 Å². The summed E-state index contributed by atoms with van der Waals surface area (Å²) in [6, 6.07) is -0.839. The SMILES string of the molecule is CCCCCCCCCCCC(=O)OC[C@H]1O[C@@H](OCC)[C@H](N)[C@@H](O)[C@@H]1O. The smallest absolute Gasteiger partial charge is 0.305 e. The molecule has 7 heteroatoms. The van der Waals surface area contributed by atoms with Gasteiger partial charge in [0.2, 0.25) is 0 Å². The van der Waals surface area contributed by atoms with Gasteiger partial charge in [-0.25, -0.2) is 0 Å². The molecule has 5 atom stereocenters. The molecule has 160 valence electrons. The first kappa shape index (κ1) is 24.3. The zero-order valence-corrected chi connectivity index (χ0v) is 17.0. The third-order valence-electron chi connectivity index (χ3n) is 4.97. The Morgan fingerprint density at radius 1 is 0.963 bits per heavy atom. The van der Waals surface area contributed by atoms with Gasteiger partial charge < -0.3 is 30.2 Å². The number of hydrogen-bond acceptors (Lipinski definition) is 7. The second kappa shape index (κ2) is 14.3. The molecule has 0 aromatic rings. The van der Waals surface area contributed by atoms with Crippen LogP contribution in [0, 0.1) is 0 Å². The third-order valence-corrected chi connectivity index (χ3v) is 4.97. The van der Waals surface area contributed by atoms with Crippen molar-refractivity contribution in [1.29, 1.82) is 0 Å². The summed E-state index contributed by atoms with van der Waals surface area (Å²) < 4.78 is 16.1. The Morgan fingerprint density at radius 2 is 1.56 bits per heavy atom. The van der Waals surface area contributed by atoms with Crippen LogP contribution in [0.15, 0.2) is 0 Å². The number of rotatable bonds is 14. The molecular formula is C20H39NO6. The van der Waals surface area contributed by atoms with E-state index in [-0.39, 0.29) is 12.6 Å². The van der Waals surface area contributed by atoms with Gasteiger partial charge >= 0.3 is 5.97 Å². The molecule has 0 spiro atoms. The van der Waals surface area contributed by atoms with Crippen LogP contribution < -0.4 is 5.73 Å². The molecular weight excluding hydrogens is 350 g/mol. The van der Waals surface area contributed by atoms with Crippen molar-refractivity contribution in [3.05, 3.63) is 0 Å². The zero-order chi connectivity index (χ0) is 20.1. The van der Waals surface area contributed by atoms with Gasteiger partial charge in [-0.1, -0.05) is 58.3 Å². The number of aliphatic hydroxyl groups excluding tert-OH is 2. The first-order chi connectivity index (χ1) is 13.0. The van der Waals surface area contributed by atoms with Crippen molar-refractivity contribution in [3.63, 3.8) is 0 Å². The van der Waals surface area contributed by atoms with Crippen LogP contribution >= 0.6 is 0 Å². The lowest BCUT2D eigenvalue weighted by molar-refractivity contribution is -0.265. The number of unbranched alkanes of at least 4 members (excludes halogenated alkanes) is 8. The van der Waals surface area contributed by atoms with Gasteiger partial charge in [-0.15, -0.1) is 0 Å². The normalized spacial score (nSPS) is 28.3. The van der Waals surface area contributed by atoms with E-state index in [1.54, 1.807) is 6.92 Å². The van der Waals surface area contributed by atoms with E-state index in [4.69, 9.17) is 19.9 Å². The van der Waals surface area contributed by atoms with Crippen LogP contribution in [0.4, 0.5) is 0 Å². The Morgan fingerprint density at radius 3 is 2.15 bits per heavy atom. The average Bonchev–Trinajstić information content (AvgIpc) is 2.66. The molecule has 7 nitrogen and oxygen atoms in total. The van der Waals surface area contributed by atoms with Gasteiger partial charge in [0.25, 0.3) is 0 Å². The van der Waals surface area contributed by atoms with Gasteiger partial charge in [0, 0.05) is 13.0 Å². The van der Waals surface area contributed by atoms with E-state index in [0.717, 1.165) is 19.3 Å². The summed E-state index contributed by atoms with van der Waals surface area (Å²) in [7, 11) is 0. The highest BCUT2D eigenvalue weighted by atomic mass is 16.7. The van der Waals surface area contributed by atoms with Crippen LogP contribution in [-0.4, -0.2) is 60.0 Å². The van der Waals surface area contributed by atoms with E-state index in [2.05, 4.69) is 6.92 Å². The quantitative estimate of drug-likeness (QED) is 0.309. The first-order valence-electron chi connectivity index (χ1n) is 10.6. The number of esters is 1. The van der Waals surface area contributed by atoms with Gasteiger partial charge in [-0.2, -0.15) is 0 Å². The monoisotopic (exact) mass is 389 g/mol. The van der Waals surface area contributed by atoms with Crippen LogP contribution in [0.2, 0.25) is 0 Å². The molecule has 0 aliphatic carbocycles. The highest BCUT2D eigenvalue weighted by Gasteiger charge is 2.43. The molecule has 27 heavy (non-hydrogen) atoms. The molecule has 1 saturated heterocycles. The number of nitrogens with two attached hydrogens (primary N) is 1. The minimum absolute atomic E-state index is 0.120. The molecule has 1 aliphatic heterocycles. The Bertz CT molecular complexity index is 395. The van der Waals surface area contributed by atoms with E-state index < -0.39 is 30.6 Å². The molecule has 1 aliphatic rings. The lowest BCUT2D eigenvalue weighted by Crippen LogP contribution is -2.62. The molecule has 0 aromatic carbocycles. The number of carbonyl (C=O) groups excluding carboxylic acids is 1. The standard InChI is InChI=1S/C20H39NO6/c1-3-5-6-7-8-9-10-11-12-13-16(22)26-14-15-18(23)19(24)17(21)20(27-15)25-4-2/h15,17-20,23-24H,3-14,21H2,1-2H3/t15-,17-,18-,19-,20-/m1/s1. The summed E-state index contributed by atoms with van der Waals surface area (Å²) in [6.45, 7) is 4.25. The number of carbonyl (C=O) groups is 1. The Kier molecular flexibility index (Phi) is 12.9. The van der Waals surface area contributed by atoms with Gasteiger partial charge in [-0.3, -0.25) is 4.79 Å². The second-order valence-electron chi connectivity index (χ2n) is 7.32. The number of aliphatic hydroxyl groups is 2. The van der Waals surface area contributed by atoms with E-state index in [1.807, 2.05) is 0 Å². The van der Waals surface area contributed by atoms with Crippen molar-refractivity contribution in [2.24, 2.45) is 5.73 Å².